The van der Waals surface area contributed by atoms with Crippen LogP contribution in [0.25, 0.3) is 10.9 Å². The molecule has 0 spiro atoms. The topological polar surface area (TPSA) is 44.1 Å². The molecular weight excluding hydrogens is 376 g/mol. The summed E-state index contributed by atoms with van der Waals surface area (Å²) < 4.78 is 7.75. The first-order chi connectivity index (χ1) is 11.1. The molecule has 0 N–H and O–H groups in total. The number of rotatable bonds is 4. The number of nitrogens with zero attached hydrogens (tertiary/aromatic N) is 2. The van der Waals surface area contributed by atoms with Crippen molar-refractivity contribution in [1.82, 2.24) is 9.55 Å². The van der Waals surface area contributed by atoms with E-state index in [4.69, 9.17) is 4.74 Å². The first-order valence-corrected chi connectivity index (χ1v) is 8.79. The summed E-state index contributed by atoms with van der Waals surface area (Å²) in [5.41, 5.74) is 1.84. The van der Waals surface area contributed by atoms with Crippen LogP contribution in [0.2, 0.25) is 0 Å². The molecule has 2 aromatic carbocycles. The fraction of sp³-hybridized carbons (Fsp3) is 0.176. The van der Waals surface area contributed by atoms with Gasteiger partial charge in [-0.2, -0.15) is 0 Å². The van der Waals surface area contributed by atoms with Crippen molar-refractivity contribution in [2.45, 2.75) is 10.9 Å². The summed E-state index contributed by atoms with van der Waals surface area (Å²) >= 11 is 5.03. The summed E-state index contributed by atoms with van der Waals surface area (Å²) in [4.78, 5) is 17.0. The van der Waals surface area contributed by atoms with Crippen LogP contribution in [0.4, 0.5) is 0 Å². The van der Waals surface area contributed by atoms with Gasteiger partial charge in [0.1, 0.15) is 5.75 Å². The summed E-state index contributed by atoms with van der Waals surface area (Å²) in [6, 6.07) is 13.4. The third-order valence-electron chi connectivity index (χ3n) is 3.53. The summed E-state index contributed by atoms with van der Waals surface area (Å²) in [6.07, 6.45) is 0. The van der Waals surface area contributed by atoms with Crippen molar-refractivity contribution in [3.63, 3.8) is 0 Å². The molecule has 0 unspecified atom stereocenters. The number of hydrogen-bond donors (Lipinski definition) is 0. The predicted octanol–water partition coefficient (Wildman–Crippen LogP) is 4.00. The quantitative estimate of drug-likeness (QED) is 0.498. The van der Waals surface area contributed by atoms with E-state index in [9.17, 15) is 4.79 Å². The number of benzene rings is 2. The predicted molar refractivity (Wildman–Crippen MR) is 97.2 cm³/mol. The van der Waals surface area contributed by atoms with E-state index in [0.29, 0.717) is 10.5 Å². The molecule has 0 bridgehead atoms. The fourth-order valence-corrected chi connectivity index (χ4v) is 3.78. The molecule has 1 heterocycles. The lowest BCUT2D eigenvalue weighted by atomic mass is 10.2. The molecule has 0 saturated carbocycles. The normalized spacial score (nSPS) is 10.9. The largest absolute Gasteiger partial charge is 0.496 e. The Morgan fingerprint density at radius 1 is 1.26 bits per heavy atom. The smallest absolute Gasteiger partial charge is 0.261 e. The van der Waals surface area contributed by atoms with Gasteiger partial charge in [-0.15, -0.1) is 0 Å². The van der Waals surface area contributed by atoms with Crippen LogP contribution < -0.4 is 10.3 Å². The molecule has 0 aliphatic carbocycles. The Morgan fingerprint density at radius 3 is 2.78 bits per heavy atom. The highest BCUT2D eigenvalue weighted by Gasteiger charge is 2.09. The summed E-state index contributed by atoms with van der Waals surface area (Å²) in [7, 11) is 3.40. The minimum Gasteiger partial charge on any atom is -0.496 e. The summed E-state index contributed by atoms with van der Waals surface area (Å²) in [5, 5.41) is 1.35. The molecule has 0 radical (unpaired) electrons. The maximum Gasteiger partial charge on any atom is 0.261 e. The van der Waals surface area contributed by atoms with Crippen molar-refractivity contribution >= 4 is 38.6 Å². The molecule has 3 aromatic rings. The monoisotopic (exact) mass is 390 g/mol. The second-order valence-corrected chi connectivity index (χ2v) is 6.83. The fourth-order valence-electron chi connectivity index (χ4n) is 2.27. The van der Waals surface area contributed by atoms with Gasteiger partial charge in [0.15, 0.2) is 5.16 Å². The van der Waals surface area contributed by atoms with Gasteiger partial charge in [0.2, 0.25) is 0 Å². The summed E-state index contributed by atoms with van der Waals surface area (Å²) in [6.45, 7) is 0. The summed E-state index contributed by atoms with van der Waals surface area (Å²) in [5.74, 6) is 1.52. The molecule has 1 aromatic heterocycles. The molecule has 0 saturated heterocycles. The average Bonchev–Trinajstić information content (AvgIpc) is 2.57. The highest BCUT2D eigenvalue weighted by atomic mass is 79.9. The van der Waals surface area contributed by atoms with Crippen molar-refractivity contribution in [3.8, 4) is 5.75 Å². The number of halogens is 1. The molecule has 0 aliphatic rings. The first kappa shape index (κ1) is 16.1. The molecule has 23 heavy (non-hydrogen) atoms. The Kier molecular flexibility index (Phi) is 4.73. The molecule has 3 rings (SSSR count). The molecule has 118 valence electrons. The number of aromatic nitrogens is 2. The van der Waals surface area contributed by atoms with Crippen molar-refractivity contribution in [3.05, 3.63) is 62.9 Å². The Hall–Kier alpha value is -1.79. The maximum absolute atomic E-state index is 12.4. The van der Waals surface area contributed by atoms with Gasteiger partial charge in [-0.1, -0.05) is 30.0 Å². The van der Waals surface area contributed by atoms with Crippen molar-refractivity contribution in [2.75, 3.05) is 7.11 Å². The van der Waals surface area contributed by atoms with E-state index in [0.717, 1.165) is 27.1 Å². The van der Waals surface area contributed by atoms with Gasteiger partial charge in [0.25, 0.3) is 5.56 Å². The van der Waals surface area contributed by atoms with Crippen molar-refractivity contribution in [1.29, 1.82) is 0 Å². The van der Waals surface area contributed by atoms with Crippen LogP contribution in [-0.4, -0.2) is 16.7 Å². The number of fused-ring (bicyclic) bond motifs is 1. The third-order valence-corrected chi connectivity index (χ3v) is 5.25. The number of para-hydroxylation sites is 1. The van der Waals surface area contributed by atoms with E-state index in [-0.39, 0.29) is 5.56 Å². The molecule has 4 nitrogen and oxygen atoms in total. The lowest BCUT2D eigenvalue weighted by molar-refractivity contribution is 0.412. The lowest BCUT2D eigenvalue weighted by Crippen LogP contribution is -2.19. The maximum atomic E-state index is 12.4. The van der Waals surface area contributed by atoms with E-state index in [1.54, 1.807) is 36.6 Å². The van der Waals surface area contributed by atoms with E-state index < -0.39 is 0 Å². The van der Waals surface area contributed by atoms with E-state index in [1.807, 2.05) is 36.4 Å². The van der Waals surface area contributed by atoms with Crippen LogP contribution in [0.15, 0.2) is 56.9 Å². The zero-order chi connectivity index (χ0) is 16.4. The van der Waals surface area contributed by atoms with Crippen LogP contribution in [0.1, 0.15) is 5.56 Å². The Balaban J connectivity index is 1.89. The highest BCUT2D eigenvalue weighted by molar-refractivity contribution is 9.10. The van der Waals surface area contributed by atoms with Gasteiger partial charge in [-0.05, 0) is 45.8 Å². The Bertz CT molecular complexity index is 924. The lowest BCUT2D eigenvalue weighted by Gasteiger charge is -2.09. The van der Waals surface area contributed by atoms with Crippen molar-refractivity contribution < 1.29 is 4.74 Å². The van der Waals surface area contributed by atoms with Crippen LogP contribution in [0, 0.1) is 0 Å². The number of thioether (sulfide) groups is 1. The Labute approximate surface area is 146 Å². The van der Waals surface area contributed by atoms with Gasteiger partial charge in [-0.3, -0.25) is 9.36 Å². The number of hydrogen-bond acceptors (Lipinski definition) is 4. The van der Waals surface area contributed by atoms with E-state index >= 15 is 0 Å². The van der Waals surface area contributed by atoms with Crippen LogP contribution >= 0.6 is 27.7 Å². The van der Waals surface area contributed by atoms with Crippen LogP contribution in [0.5, 0.6) is 5.75 Å². The Morgan fingerprint density at radius 2 is 2.04 bits per heavy atom. The molecule has 6 heteroatoms. The van der Waals surface area contributed by atoms with Gasteiger partial charge in [-0.25, -0.2) is 4.98 Å². The van der Waals surface area contributed by atoms with Crippen LogP contribution in [0.3, 0.4) is 0 Å². The molecule has 0 aliphatic heterocycles. The van der Waals surface area contributed by atoms with Crippen molar-refractivity contribution in [2.24, 2.45) is 7.05 Å². The van der Waals surface area contributed by atoms with Gasteiger partial charge in [0, 0.05) is 12.8 Å². The van der Waals surface area contributed by atoms with Gasteiger partial charge in [0.05, 0.1) is 22.5 Å². The molecule has 0 atom stereocenters. The molecule has 0 fully saturated rings. The van der Waals surface area contributed by atoms with E-state index in [2.05, 4.69) is 20.9 Å². The zero-order valence-corrected chi connectivity index (χ0v) is 15.1. The first-order valence-electron chi connectivity index (χ1n) is 7.01. The molecular formula is C17H15BrN2O2S. The highest BCUT2D eigenvalue weighted by Crippen LogP contribution is 2.28. The minimum absolute atomic E-state index is 0.0194. The van der Waals surface area contributed by atoms with Gasteiger partial charge >= 0.3 is 0 Å². The minimum atomic E-state index is -0.0194. The SMILES string of the molecule is COc1ccc(CSc2nc3ccccc3c(=O)n2C)cc1Br. The van der Waals surface area contributed by atoms with E-state index in [1.165, 1.54) is 0 Å². The molecule has 0 amide bonds. The second-order valence-electron chi connectivity index (χ2n) is 5.03. The number of methoxy groups -OCH3 is 1. The standard InChI is InChI=1S/C17H15BrN2O2S/c1-20-16(21)12-5-3-4-6-14(12)19-17(20)23-10-11-7-8-15(22-2)13(18)9-11/h3-9H,10H2,1-2H3. The second kappa shape index (κ2) is 6.76. The average molecular weight is 391 g/mol. The number of ether oxygens (including phenoxy) is 1. The third kappa shape index (κ3) is 3.28. The van der Waals surface area contributed by atoms with Crippen LogP contribution in [-0.2, 0) is 12.8 Å². The van der Waals surface area contributed by atoms with Gasteiger partial charge < -0.3 is 4.74 Å². The zero-order valence-electron chi connectivity index (χ0n) is 12.7.